The van der Waals surface area contributed by atoms with Gasteiger partial charge >= 0.3 is 0 Å². The summed E-state index contributed by atoms with van der Waals surface area (Å²) in [5, 5.41) is 0.457. The number of hydrogen-bond donors (Lipinski definition) is 0. The molecular formula is C9H14ClN3O. The Kier molecular flexibility index (Phi) is 4.62. The monoisotopic (exact) mass is 215 g/mol. The van der Waals surface area contributed by atoms with Gasteiger partial charge in [0.15, 0.2) is 0 Å². The lowest BCUT2D eigenvalue weighted by molar-refractivity contribution is 0.154. The van der Waals surface area contributed by atoms with Gasteiger partial charge < -0.3 is 9.64 Å². The van der Waals surface area contributed by atoms with Crippen LogP contribution >= 0.6 is 11.6 Å². The van der Waals surface area contributed by atoms with E-state index in [2.05, 4.69) is 9.97 Å². The first-order valence-corrected chi connectivity index (χ1v) is 4.88. The van der Waals surface area contributed by atoms with Crippen LogP contribution in [0, 0.1) is 0 Å². The normalized spacial score (nSPS) is 10.2. The largest absolute Gasteiger partial charge is 0.380 e. The van der Waals surface area contributed by atoms with E-state index in [4.69, 9.17) is 16.3 Å². The molecule has 0 aliphatic heterocycles. The summed E-state index contributed by atoms with van der Waals surface area (Å²) in [6.45, 7) is 4.19. The third-order valence-corrected chi connectivity index (χ3v) is 1.99. The molecule has 0 aliphatic carbocycles. The molecule has 0 N–H and O–H groups in total. The van der Waals surface area contributed by atoms with Gasteiger partial charge in [-0.3, -0.25) is 0 Å². The van der Waals surface area contributed by atoms with Gasteiger partial charge in [0.25, 0.3) is 0 Å². The molecule has 0 saturated carbocycles. The van der Waals surface area contributed by atoms with E-state index in [1.54, 1.807) is 6.07 Å². The molecule has 1 aromatic heterocycles. The molecule has 1 aromatic rings. The second-order valence-corrected chi connectivity index (χ2v) is 3.20. The number of hydrogen-bond acceptors (Lipinski definition) is 4. The van der Waals surface area contributed by atoms with Crippen molar-refractivity contribution in [2.75, 3.05) is 31.7 Å². The van der Waals surface area contributed by atoms with Gasteiger partial charge in [-0.2, -0.15) is 0 Å². The molecule has 0 radical (unpaired) electrons. The Morgan fingerprint density at radius 3 is 2.93 bits per heavy atom. The first kappa shape index (κ1) is 11.2. The van der Waals surface area contributed by atoms with E-state index >= 15 is 0 Å². The van der Waals surface area contributed by atoms with Gasteiger partial charge in [0.05, 0.1) is 6.61 Å². The van der Waals surface area contributed by atoms with Crippen molar-refractivity contribution in [1.82, 2.24) is 9.97 Å². The molecule has 5 heteroatoms. The van der Waals surface area contributed by atoms with Gasteiger partial charge in [0.1, 0.15) is 17.3 Å². The summed E-state index contributed by atoms with van der Waals surface area (Å²) in [6.07, 6.45) is 1.45. The van der Waals surface area contributed by atoms with Crippen LogP contribution in [0.1, 0.15) is 6.92 Å². The van der Waals surface area contributed by atoms with Crippen LogP contribution < -0.4 is 4.90 Å². The molecule has 0 saturated heterocycles. The van der Waals surface area contributed by atoms with Crippen LogP contribution in [-0.2, 0) is 4.74 Å². The van der Waals surface area contributed by atoms with E-state index in [-0.39, 0.29) is 0 Å². The van der Waals surface area contributed by atoms with Gasteiger partial charge in [-0.15, -0.1) is 0 Å². The fourth-order valence-electron chi connectivity index (χ4n) is 0.993. The van der Waals surface area contributed by atoms with E-state index in [9.17, 15) is 0 Å². The van der Waals surface area contributed by atoms with Crippen molar-refractivity contribution < 1.29 is 4.74 Å². The lowest BCUT2D eigenvalue weighted by atomic mass is 10.5. The quantitative estimate of drug-likeness (QED) is 0.553. The average Bonchev–Trinajstić information content (AvgIpc) is 2.18. The summed E-state index contributed by atoms with van der Waals surface area (Å²) in [4.78, 5) is 9.88. The molecule has 0 aromatic carbocycles. The lowest BCUT2D eigenvalue weighted by Crippen LogP contribution is -2.23. The Bertz CT molecular complexity index is 283. The summed E-state index contributed by atoms with van der Waals surface area (Å²) in [7, 11) is 1.94. The first-order valence-electron chi connectivity index (χ1n) is 4.50. The predicted octanol–water partition coefficient (Wildman–Crippen LogP) is 1.60. The molecule has 0 spiro atoms. The Morgan fingerprint density at radius 1 is 1.50 bits per heavy atom. The number of rotatable bonds is 5. The number of likely N-dealkylation sites (N-methyl/N-ethyl adjacent to an activating group) is 1. The Hall–Kier alpha value is -0.870. The number of anilines is 1. The van der Waals surface area contributed by atoms with Crippen molar-refractivity contribution in [2.24, 2.45) is 0 Å². The second-order valence-electron chi connectivity index (χ2n) is 2.82. The fraction of sp³-hybridized carbons (Fsp3) is 0.556. The molecule has 4 nitrogen and oxygen atoms in total. The molecule has 14 heavy (non-hydrogen) atoms. The number of nitrogens with zero attached hydrogens (tertiary/aromatic N) is 3. The topological polar surface area (TPSA) is 38.2 Å². The minimum atomic E-state index is 0.457. The van der Waals surface area contributed by atoms with Crippen LogP contribution in [0.4, 0.5) is 5.82 Å². The molecule has 0 unspecified atom stereocenters. The highest BCUT2D eigenvalue weighted by Gasteiger charge is 2.02. The van der Waals surface area contributed by atoms with E-state index in [1.807, 2.05) is 18.9 Å². The SMILES string of the molecule is CCOCCN(C)c1cc(Cl)ncn1. The molecule has 0 fully saturated rings. The van der Waals surface area contributed by atoms with E-state index in [1.165, 1.54) is 6.33 Å². The second kappa shape index (κ2) is 5.78. The summed E-state index contributed by atoms with van der Waals surface area (Å²) < 4.78 is 5.24. The summed E-state index contributed by atoms with van der Waals surface area (Å²) in [5.41, 5.74) is 0. The van der Waals surface area contributed by atoms with Crippen LogP contribution in [-0.4, -0.2) is 36.8 Å². The summed E-state index contributed by atoms with van der Waals surface area (Å²) in [6, 6.07) is 1.73. The van der Waals surface area contributed by atoms with Crippen molar-refractivity contribution in [2.45, 2.75) is 6.92 Å². The first-order chi connectivity index (χ1) is 6.74. The van der Waals surface area contributed by atoms with Crippen molar-refractivity contribution in [3.63, 3.8) is 0 Å². The van der Waals surface area contributed by atoms with Crippen LogP contribution in [0.25, 0.3) is 0 Å². The van der Waals surface area contributed by atoms with Gasteiger partial charge in [-0.25, -0.2) is 9.97 Å². The number of ether oxygens (including phenoxy) is 1. The zero-order chi connectivity index (χ0) is 10.4. The molecule has 0 atom stereocenters. The highest BCUT2D eigenvalue weighted by atomic mass is 35.5. The molecule has 0 amide bonds. The summed E-state index contributed by atoms with van der Waals surface area (Å²) >= 11 is 5.74. The maximum atomic E-state index is 5.74. The maximum absolute atomic E-state index is 5.74. The van der Waals surface area contributed by atoms with Gasteiger partial charge in [0.2, 0.25) is 0 Å². The molecule has 0 bridgehead atoms. The van der Waals surface area contributed by atoms with E-state index in [0.717, 1.165) is 19.0 Å². The molecule has 1 heterocycles. The van der Waals surface area contributed by atoms with E-state index in [0.29, 0.717) is 11.8 Å². The zero-order valence-electron chi connectivity index (χ0n) is 8.40. The minimum absolute atomic E-state index is 0.457. The van der Waals surface area contributed by atoms with Crippen LogP contribution in [0.3, 0.4) is 0 Å². The van der Waals surface area contributed by atoms with Gasteiger partial charge in [-0.05, 0) is 6.92 Å². The number of halogens is 1. The Balaban J connectivity index is 2.47. The number of aromatic nitrogens is 2. The molecule has 78 valence electrons. The van der Waals surface area contributed by atoms with Crippen molar-refractivity contribution in [3.8, 4) is 0 Å². The van der Waals surface area contributed by atoms with Crippen molar-refractivity contribution in [3.05, 3.63) is 17.5 Å². The lowest BCUT2D eigenvalue weighted by Gasteiger charge is -2.17. The highest BCUT2D eigenvalue weighted by Crippen LogP contribution is 2.11. The molecule has 1 rings (SSSR count). The Labute approximate surface area is 88.9 Å². The van der Waals surface area contributed by atoms with E-state index < -0.39 is 0 Å². The van der Waals surface area contributed by atoms with Crippen LogP contribution in [0.2, 0.25) is 5.15 Å². The van der Waals surface area contributed by atoms with Gasteiger partial charge in [0, 0.05) is 26.3 Å². The van der Waals surface area contributed by atoms with Crippen molar-refractivity contribution >= 4 is 17.4 Å². The van der Waals surface area contributed by atoms with Gasteiger partial charge in [-0.1, -0.05) is 11.6 Å². The average molecular weight is 216 g/mol. The van der Waals surface area contributed by atoms with Crippen molar-refractivity contribution in [1.29, 1.82) is 0 Å². The Morgan fingerprint density at radius 2 is 2.29 bits per heavy atom. The maximum Gasteiger partial charge on any atom is 0.134 e. The molecular weight excluding hydrogens is 202 g/mol. The van der Waals surface area contributed by atoms with Crippen LogP contribution in [0.15, 0.2) is 12.4 Å². The fourth-order valence-corrected chi connectivity index (χ4v) is 1.13. The smallest absolute Gasteiger partial charge is 0.134 e. The molecule has 0 aliphatic rings. The predicted molar refractivity (Wildman–Crippen MR) is 56.8 cm³/mol. The standard InChI is InChI=1S/C9H14ClN3O/c1-3-14-5-4-13(2)9-6-8(10)11-7-12-9/h6-7H,3-5H2,1-2H3. The highest BCUT2D eigenvalue weighted by molar-refractivity contribution is 6.29. The minimum Gasteiger partial charge on any atom is -0.380 e. The van der Waals surface area contributed by atoms with Crippen LogP contribution in [0.5, 0.6) is 0 Å². The zero-order valence-corrected chi connectivity index (χ0v) is 9.16. The third kappa shape index (κ3) is 3.47. The third-order valence-electron chi connectivity index (χ3n) is 1.79. The summed E-state index contributed by atoms with van der Waals surface area (Å²) in [5.74, 6) is 0.810.